The highest BCUT2D eigenvalue weighted by molar-refractivity contribution is 9.10. The molecule has 0 N–H and O–H groups in total. The van der Waals surface area contributed by atoms with Gasteiger partial charge in [-0.15, -0.1) is 0 Å². The lowest BCUT2D eigenvalue weighted by Gasteiger charge is -2.13. The number of nitrogens with zero attached hydrogens (tertiary/aromatic N) is 1. The van der Waals surface area contributed by atoms with E-state index >= 15 is 0 Å². The van der Waals surface area contributed by atoms with E-state index in [0.29, 0.717) is 36.2 Å². The fourth-order valence-corrected chi connectivity index (χ4v) is 4.49. The third-order valence-corrected chi connectivity index (χ3v) is 6.48. The van der Waals surface area contributed by atoms with Crippen molar-refractivity contribution in [2.24, 2.45) is 0 Å². The standard InChI is InChI=1S/C27H24BrNO5S/c1-2-32-24-16-20(10-13-23(24)34-15-14-33-22-6-4-3-5-7-22)17-25-26(30)29(27(31)35-25)18-19-8-11-21(28)12-9-19/h3-13,16-17H,2,14-15,18H2,1H3/b25-17-. The van der Waals surface area contributed by atoms with Gasteiger partial charge in [-0.05, 0) is 72.3 Å². The number of thioether (sulfide) groups is 1. The Balaban J connectivity index is 1.41. The van der Waals surface area contributed by atoms with E-state index < -0.39 is 0 Å². The van der Waals surface area contributed by atoms with Crippen LogP contribution in [0.2, 0.25) is 0 Å². The van der Waals surface area contributed by atoms with Crippen LogP contribution in [0.25, 0.3) is 6.08 Å². The fourth-order valence-electron chi connectivity index (χ4n) is 3.39. The average molecular weight is 554 g/mol. The van der Waals surface area contributed by atoms with Crippen LogP contribution in [0.1, 0.15) is 18.1 Å². The van der Waals surface area contributed by atoms with Gasteiger partial charge in [0.15, 0.2) is 11.5 Å². The molecule has 3 aromatic rings. The quantitative estimate of drug-likeness (QED) is 0.210. The van der Waals surface area contributed by atoms with E-state index in [1.54, 1.807) is 18.2 Å². The molecule has 2 amide bonds. The topological polar surface area (TPSA) is 65.1 Å². The van der Waals surface area contributed by atoms with Crippen LogP contribution in [0.4, 0.5) is 4.79 Å². The lowest BCUT2D eigenvalue weighted by Crippen LogP contribution is -2.27. The first-order valence-electron chi connectivity index (χ1n) is 11.1. The van der Waals surface area contributed by atoms with Gasteiger partial charge in [-0.2, -0.15) is 0 Å². The first-order chi connectivity index (χ1) is 17.0. The maximum Gasteiger partial charge on any atom is 0.293 e. The summed E-state index contributed by atoms with van der Waals surface area (Å²) in [5.74, 6) is 1.63. The number of carbonyl (C=O) groups excluding carboxylic acids is 2. The van der Waals surface area contributed by atoms with Crippen molar-refractivity contribution in [1.29, 1.82) is 0 Å². The summed E-state index contributed by atoms with van der Waals surface area (Å²) in [6, 6.07) is 22.5. The predicted molar refractivity (Wildman–Crippen MR) is 141 cm³/mol. The zero-order chi connectivity index (χ0) is 24.6. The van der Waals surface area contributed by atoms with Crippen molar-refractivity contribution < 1.29 is 23.8 Å². The smallest absolute Gasteiger partial charge is 0.293 e. The molecule has 35 heavy (non-hydrogen) atoms. The van der Waals surface area contributed by atoms with Gasteiger partial charge in [0.1, 0.15) is 19.0 Å². The summed E-state index contributed by atoms with van der Waals surface area (Å²) >= 11 is 4.33. The van der Waals surface area contributed by atoms with Crippen LogP contribution in [0, 0.1) is 0 Å². The van der Waals surface area contributed by atoms with E-state index in [1.807, 2.05) is 67.6 Å². The highest BCUT2D eigenvalue weighted by atomic mass is 79.9. The minimum Gasteiger partial charge on any atom is -0.490 e. The molecule has 0 atom stereocenters. The summed E-state index contributed by atoms with van der Waals surface area (Å²) in [7, 11) is 0. The third-order valence-electron chi connectivity index (χ3n) is 5.05. The molecule has 0 saturated carbocycles. The molecule has 8 heteroatoms. The van der Waals surface area contributed by atoms with Crippen LogP contribution in [0.15, 0.2) is 82.2 Å². The summed E-state index contributed by atoms with van der Waals surface area (Å²) in [6.45, 7) is 3.33. The molecule has 1 heterocycles. The van der Waals surface area contributed by atoms with Crippen LogP contribution in [0.3, 0.4) is 0 Å². The number of carbonyl (C=O) groups is 2. The van der Waals surface area contributed by atoms with Gasteiger partial charge >= 0.3 is 0 Å². The van der Waals surface area contributed by atoms with E-state index in [4.69, 9.17) is 14.2 Å². The van der Waals surface area contributed by atoms with Crippen molar-refractivity contribution in [2.45, 2.75) is 13.5 Å². The van der Waals surface area contributed by atoms with Gasteiger partial charge in [-0.25, -0.2) is 0 Å². The first kappa shape index (κ1) is 24.9. The Morgan fingerprint density at radius 1 is 0.886 bits per heavy atom. The van der Waals surface area contributed by atoms with Crippen LogP contribution in [-0.2, 0) is 11.3 Å². The number of hydrogen-bond acceptors (Lipinski definition) is 6. The molecule has 0 radical (unpaired) electrons. The second-order valence-electron chi connectivity index (χ2n) is 7.54. The van der Waals surface area contributed by atoms with E-state index in [-0.39, 0.29) is 17.7 Å². The van der Waals surface area contributed by atoms with Gasteiger partial charge in [0, 0.05) is 4.47 Å². The zero-order valence-electron chi connectivity index (χ0n) is 19.1. The van der Waals surface area contributed by atoms with Gasteiger partial charge in [-0.1, -0.05) is 52.3 Å². The number of ether oxygens (including phenoxy) is 3. The highest BCUT2D eigenvalue weighted by Gasteiger charge is 2.35. The average Bonchev–Trinajstić information content (AvgIpc) is 3.12. The van der Waals surface area contributed by atoms with Gasteiger partial charge in [0.25, 0.3) is 11.1 Å². The Morgan fingerprint density at radius 2 is 1.63 bits per heavy atom. The molecule has 180 valence electrons. The van der Waals surface area contributed by atoms with Crippen LogP contribution < -0.4 is 14.2 Å². The largest absolute Gasteiger partial charge is 0.490 e. The minimum atomic E-state index is -0.306. The highest BCUT2D eigenvalue weighted by Crippen LogP contribution is 2.35. The van der Waals surface area contributed by atoms with Gasteiger partial charge in [-0.3, -0.25) is 14.5 Å². The second-order valence-corrected chi connectivity index (χ2v) is 9.45. The molecule has 0 aromatic heterocycles. The molecule has 0 unspecified atom stereocenters. The van der Waals surface area contributed by atoms with Crippen LogP contribution >= 0.6 is 27.7 Å². The number of hydrogen-bond donors (Lipinski definition) is 0. The summed E-state index contributed by atoms with van der Waals surface area (Å²) in [6.07, 6.45) is 1.71. The number of para-hydroxylation sites is 1. The molecular weight excluding hydrogens is 530 g/mol. The lowest BCUT2D eigenvalue weighted by atomic mass is 10.1. The van der Waals surface area contributed by atoms with E-state index in [0.717, 1.165) is 33.1 Å². The number of amides is 2. The minimum absolute atomic E-state index is 0.233. The lowest BCUT2D eigenvalue weighted by molar-refractivity contribution is -0.123. The molecule has 0 aliphatic carbocycles. The molecular formula is C27H24BrNO5S. The van der Waals surface area contributed by atoms with Gasteiger partial charge in [0.2, 0.25) is 0 Å². The Hall–Kier alpha value is -3.23. The fraction of sp³-hybridized carbons (Fsp3) is 0.185. The SMILES string of the molecule is CCOc1cc(/C=C2\SC(=O)N(Cc3ccc(Br)cc3)C2=O)ccc1OCCOc1ccccc1. The van der Waals surface area contributed by atoms with Crippen molar-refractivity contribution in [3.05, 3.63) is 93.3 Å². The van der Waals surface area contributed by atoms with Gasteiger partial charge < -0.3 is 14.2 Å². The summed E-state index contributed by atoms with van der Waals surface area (Å²) < 4.78 is 18.2. The Bertz CT molecular complexity index is 1210. The van der Waals surface area contributed by atoms with E-state index in [9.17, 15) is 9.59 Å². The first-order valence-corrected chi connectivity index (χ1v) is 12.7. The Kier molecular flexibility index (Phi) is 8.50. The monoisotopic (exact) mass is 553 g/mol. The maximum absolute atomic E-state index is 12.9. The second kappa shape index (κ2) is 12.0. The van der Waals surface area contributed by atoms with Crippen molar-refractivity contribution in [3.8, 4) is 17.2 Å². The number of rotatable bonds is 10. The Morgan fingerprint density at radius 3 is 2.37 bits per heavy atom. The third kappa shape index (κ3) is 6.68. The van der Waals surface area contributed by atoms with Crippen LogP contribution in [-0.4, -0.2) is 35.9 Å². The molecule has 4 rings (SSSR count). The summed E-state index contributed by atoms with van der Waals surface area (Å²) in [4.78, 5) is 27.0. The van der Waals surface area contributed by atoms with Crippen molar-refractivity contribution in [2.75, 3.05) is 19.8 Å². The molecule has 1 fully saturated rings. The van der Waals surface area contributed by atoms with Crippen molar-refractivity contribution >= 4 is 44.9 Å². The number of benzene rings is 3. The van der Waals surface area contributed by atoms with E-state index in [1.165, 1.54) is 4.90 Å². The van der Waals surface area contributed by atoms with Crippen molar-refractivity contribution in [3.63, 3.8) is 0 Å². The Labute approximate surface area is 217 Å². The normalized spacial score (nSPS) is 14.5. The van der Waals surface area contributed by atoms with Gasteiger partial charge in [0.05, 0.1) is 18.1 Å². The number of imide groups is 1. The molecule has 3 aromatic carbocycles. The summed E-state index contributed by atoms with van der Waals surface area (Å²) in [5.41, 5.74) is 1.63. The molecule has 0 spiro atoms. The molecule has 6 nitrogen and oxygen atoms in total. The van der Waals surface area contributed by atoms with Crippen molar-refractivity contribution in [1.82, 2.24) is 4.90 Å². The molecule has 1 aliphatic heterocycles. The zero-order valence-corrected chi connectivity index (χ0v) is 21.5. The summed E-state index contributed by atoms with van der Waals surface area (Å²) in [5, 5.41) is -0.285. The number of halogens is 1. The predicted octanol–water partition coefficient (Wildman–Crippen LogP) is 6.54. The molecule has 1 aliphatic rings. The molecule has 0 bridgehead atoms. The van der Waals surface area contributed by atoms with E-state index in [2.05, 4.69) is 15.9 Å². The molecule has 1 saturated heterocycles. The van der Waals surface area contributed by atoms with Crippen LogP contribution in [0.5, 0.6) is 17.2 Å². The maximum atomic E-state index is 12.9.